The van der Waals surface area contributed by atoms with Crippen LogP contribution in [0.2, 0.25) is 0 Å². The number of nitrogens with zero attached hydrogens (tertiary/aromatic N) is 2. The molecule has 1 aliphatic heterocycles. The highest BCUT2D eigenvalue weighted by molar-refractivity contribution is 5.78. The van der Waals surface area contributed by atoms with Gasteiger partial charge in [-0.15, -0.1) is 0 Å². The summed E-state index contributed by atoms with van der Waals surface area (Å²) >= 11 is 0. The SMILES string of the molecule is N#Cc1ccc(N)c(N2CCCc3ccccc32)c1. The molecule has 0 fully saturated rings. The van der Waals surface area contributed by atoms with E-state index >= 15 is 0 Å². The van der Waals surface area contributed by atoms with Gasteiger partial charge in [0.15, 0.2) is 0 Å². The number of nitriles is 1. The van der Waals surface area contributed by atoms with Gasteiger partial charge in [-0.2, -0.15) is 5.26 Å². The molecule has 0 bridgehead atoms. The van der Waals surface area contributed by atoms with Crippen molar-refractivity contribution in [2.45, 2.75) is 12.8 Å². The van der Waals surface area contributed by atoms with E-state index in [4.69, 9.17) is 11.0 Å². The second-order valence-corrected chi connectivity index (χ2v) is 4.77. The molecule has 0 aromatic heterocycles. The predicted molar refractivity (Wildman–Crippen MR) is 77.3 cm³/mol. The first-order valence-corrected chi connectivity index (χ1v) is 6.44. The van der Waals surface area contributed by atoms with E-state index in [0.717, 1.165) is 30.8 Å². The number of rotatable bonds is 1. The van der Waals surface area contributed by atoms with Crippen LogP contribution in [0.15, 0.2) is 42.5 Å². The standard InChI is InChI=1S/C16H15N3/c17-11-12-7-8-14(18)16(10-12)19-9-3-5-13-4-1-2-6-15(13)19/h1-2,4,6-8,10H,3,5,9,18H2. The van der Waals surface area contributed by atoms with Crippen LogP contribution in [-0.2, 0) is 6.42 Å². The van der Waals surface area contributed by atoms with Gasteiger partial charge in [-0.3, -0.25) is 0 Å². The van der Waals surface area contributed by atoms with Crippen molar-refractivity contribution in [3.63, 3.8) is 0 Å². The van der Waals surface area contributed by atoms with Gasteiger partial charge in [-0.05, 0) is 42.7 Å². The van der Waals surface area contributed by atoms with E-state index < -0.39 is 0 Å². The van der Waals surface area contributed by atoms with Gasteiger partial charge in [-0.1, -0.05) is 18.2 Å². The Morgan fingerprint density at radius 2 is 1.95 bits per heavy atom. The molecule has 1 aliphatic rings. The zero-order valence-electron chi connectivity index (χ0n) is 10.6. The van der Waals surface area contributed by atoms with Crippen LogP contribution in [0.25, 0.3) is 0 Å². The maximum absolute atomic E-state index is 9.04. The molecule has 0 saturated heterocycles. The summed E-state index contributed by atoms with van der Waals surface area (Å²) in [7, 11) is 0. The number of para-hydroxylation sites is 1. The molecule has 0 radical (unpaired) electrons. The summed E-state index contributed by atoms with van der Waals surface area (Å²) < 4.78 is 0. The Labute approximate surface area is 112 Å². The van der Waals surface area contributed by atoms with Crippen molar-refractivity contribution in [2.24, 2.45) is 0 Å². The van der Waals surface area contributed by atoms with Crippen molar-refractivity contribution in [2.75, 3.05) is 17.2 Å². The second kappa shape index (κ2) is 4.66. The third-order valence-electron chi connectivity index (χ3n) is 3.56. The van der Waals surface area contributed by atoms with Gasteiger partial charge in [0.2, 0.25) is 0 Å². The molecule has 0 atom stereocenters. The first-order valence-electron chi connectivity index (χ1n) is 6.44. The minimum Gasteiger partial charge on any atom is -0.397 e. The van der Waals surface area contributed by atoms with E-state index in [1.54, 1.807) is 6.07 Å². The van der Waals surface area contributed by atoms with Crippen molar-refractivity contribution in [1.82, 2.24) is 0 Å². The Hall–Kier alpha value is -2.47. The summed E-state index contributed by atoms with van der Waals surface area (Å²) in [4.78, 5) is 2.22. The Morgan fingerprint density at radius 1 is 1.11 bits per heavy atom. The third kappa shape index (κ3) is 2.02. The normalized spacial score (nSPS) is 13.7. The highest BCUT2D eigenvalue weighted by atomic mass is 15.1. The molecular weight excluding hydrogens is 234 g/mol. The number of nitrogens with two attached hydrogens (primary N) is 1. The summed E-state index contributed by atoms with van der Waals surface area (Å²) in [5.41, 5.74) is 10.9. The molecule has 94 valence electrons. The van der Waals surface area contributed by atoms with Gasteiger partial charge in [0.05, 0.1) is 23.0 Å². The van der Waals surface area contributed by atoms with Crippen LogP contribution in [0, 0.1) is 11.3 Å². The van der Waals surface area contributed by atoms with Gasteiger partial charge in [0, 0.05) is 12.2 Å². The molecule has 0 spiro atoms. The Bertz CT molecular complexity index is 655. The van der Waals surface area contributed by atoms with Gasteiger partial charge >= 0.3 is 0 Å². The van der Waals surface area contributed by atoms with E-state index in [1.165, 1.54) is 11.3 Å². The van der Waals surface area contributed by atoms with E-state index in [2.05, 4.69) is 29.2 Å². The first-order chi connectivity index (χ1) is 9.29. The maximum atomic E-state index is 9.04. The van der Waals surface area contributed by atoms with E-state index in [-0.39, 0.29) is 0 Å². The predicted octanol–water partition coefficient (Wildman–Crippen LogP) is 3.22. The minimum atomic E-state index is 0.646. The molecule has 2 N–H and O–H groups in total. The third-order valence-corrected chi connectivity index (χ3v) is 3.56. The molecule has 0 unspecified atom stereocenters. The zero-order valence-corrected chi connectivity index (χ0v) is 10.6. The molecule has 3 heteroatoms. The van der Waals surface area contributed by atoms with Gasteiger partial charge in [0.25, 0.3) is 0 Å². The van der Waals surface area contributed by atoms with Crippen LogP contribution in [0.4, 0.5) is 17.1 Å². The van der Waals surface area contributed by atoms with Gasteiger partial charge in [0.1, 0.15) is 0 Å². The number of aryl methyl sites for hydroxylation is 1. The monoisotopic (exact) mass is 249 g/mol. The van der Waals surface area contributed by atoms with Crippen LogP contribution in [0.3, 0.4) is 0 Å². The number of hydrogen-bond donors (Lipinski definition) is 1. The van der Waals surface area contributed by atoms with Crippen LogP contribution in [-0.4, -0.2) is 6.54 Å². The molecule has 2 aromatic carbocycles. The molecule has 0 saturated carbocycles. The van der Waals surface area contributed by atoms with Gasteiger partial charge in [-0.25, -0.2) is 0 Å². The lowest BCUT2D eigenvalue weighted by Crippen LogP contribution is -2.25. The number of nitrogen functional groups attached to an aromatic ring is 1. The van der Waals surface area contributed by atoms with Crippen molar-refractivity contribution >= 4 is 17.1 Å². The fourth-order valence-corrected chi connectivity index (χ4v) is 2.63. The van der Waals surface area contributed by atoms with E-state index in [9.17, 15) is 0 Å². The molecule has 0 aliphatic carbocycles. The molecule has 19 heavy (non-hydrogen) atoms. The first kappa shape index (κ1) is 11.6. The average molecular weight is 249 g/mol. The fourth-order valence-electron chi connectivity index (χ4n) is 2.63. The Morgan fingerprint density at radius 3 is 2.79 bits per heavy atom. The summed E-state index contributed by atoms with van der Waals surface area (Å²) in [5, 5.41) is 9.04. The Balaban J connectivity index is 2.11. The lowest BCUT2D eigenvalue weighted by Gasteiger charge is -2.32. The highest BCUT2D eigenvalue weighted by Gasteiger charge is 2.19. The molecule has 0 amide bonds. The molecule has 2 aromatic rings. The number of fused-ring (bicyclic) bond motifs is 1. The van der Waals surface area contributed by atoms with Gasteiger partial charge < -0.3 is 10.6 Å². The zero-order chi connectivity index (χ0) is 13.2. The van der Waals surface area contributed by atoms with E-state index in [0.29, 0.717) is 5.56 Å². The van der Waals surface area contributed by atoms with Crippen molar-refractivity contribution in [1.29, 1.82) is 5.26 Å². The molecule has 1 heterocycles. The number of anilines is 3. The van der Waals surface area contributed by atoms with E-state index in [1.807, 2.05) is 18.2 Å². The lowest BCUT2D eigenvalue weighted by molar-refractivity contribution is 0.767. The number of hydrogen-bond acceptors (Lipinski definition) is 3. The Kier molecular flexibility index (Phi) is 2.85. The van der Waals surface area contributed by atoms with Crippen molar-refractivity contribution in [3.05, 3.63) is 53.6 Å². The van der Waals surface area contributed by atoms with Crippen LogP contribution in [0.1, 0.15) is 17.5 Å². The smallest absolute Gasteiger partial charge is 0.0992 e. The molecule has 3 nitrogen and oxygen atoms in total. The lowest BCUT2D eigenvalue weighted by atomic mass is 10.0. The van der Waals surface area contributed by atoms with Crippen LogP contribution >= 0.6 is 0 Å². The van der Waals surface area contributed by atoms with Crippen LogP contribution in [0.5, 0.6) is 0 Å². The summed E-state index contributed by atoms with van der Waals surface area (Å²) in [6, 6.07) is 16.0. The fraction of sp³-hybridized carbons (Fsp3) is 0.188. The highest BCUT2D eigenvalue weighted by Crippen LogP contribution is 2.36. The largest absolute Gasteiger partial charge is 0.397 e. The summed E-state index contributed by atoms with van der Waals surface area (Å²) in [6.45, 7) is 0.941. The van der Waals surface area contributed by atoms with Crippen molar-refractivity contribution < 1.29 is 0 Å². The maximum Gasteiger partial charge on any atom is 0.0992 e. The molecule has 3 rings (SSSR count). The topological polar surface area (TPSA) is 53.1 Å². The molecular formula is C16H15N3. The summed E-state index contributed by atoms with van der Waals surface area (Å²) in [5.74, 6) is 0. The summed E-state index contributed by atoms with van der Waals surface area (Å²) in [6.07, 6.45) is 2.21. The van der Waals surface area contributed by atoms with Crippen LogP contribution < -0.4 is 10.6 Å². The number of benzene rings is 2. The van der Waals surface area contributed by atoms with Crippen molar-refractivity contribution in [3.8, 4) is 6.07 Å². The minimum absolute atomic E-state index is 0.646. The quantitative estimate of drug-likeness (QED) is 0.789. The average Bonchev–Trinajstić information content (AvgIpc) is 2.47. The second-order valence-electron chi connectivity index (χ2n) is 4.77.